The summed E-state index contributed by atoms with van der Waals surface area (Å²) in [6, 6.07) is 12.3. The minimum atomic E-state index is -0.0394. The van der Waals surface area contributed by atoms with Gasteiger partial charge in [-0.3, -0.25) is 4.79 Å². The first kappa shape index (κ1) is 13.4. The van der Waals surface area contributed by atoms with Crippen molar-refractivity contribution in [2.24, 2.45) is 0 Å². The van der Waals surface area contributed by atoms with Crippen molar-refractivity contribution in [2.75, 3.05) is 12.8 Å². The summed E-state index contributed by atoms with van der Waals surface area (Å²) in [5.74, 6) is 0.691. The van der Waals surface area contributed by atoms with Gasteiger partial charge in [-0.2, -0.15) is 0 Å². The van der Waals surface area contributed by atoms with E-state index in [0.29, 0.717) is 16.3 Å². The third-order valence-electron chi connectivity index (χ3n) is 2.81. The van der Waals surface area contributed by atoms with Gasteiger partial charge in [-0.05, 0) is 35.9 Å². The second-order valence-corrected chi connectivity index (χ2v) is 4.62. The van der Waals surface area contributed by atoms with Gasteiger partial charge in [-0.1, -0.05) is 23.7 Å². The van der Waals surface area contributed by atoms with E-state index in [2.05, 4.69) is 0 Å². The predicted molar refractivity (Wildman–Crippen MR) is 76.9 cm³/mol. The van der Waals surface area contributed by atoms with Crippen molar-refractivity contribution in [2.45, 2.75) is 6.42 Å². The van der Waals surface area contributed by atoms with Gasteiger partial charge in [0.2, 0.25) is 0 Å². The molecule has 2 aromatic rings. The molecule has 0 amide bonds. The smallest absolute Gasteiger partial charge is 0.169 e. The number of rotatable bonds is 4. The van der Waals surface area contributed by atoms with E-state index in [1.807, 2.05) is 24.3 Å². The van der Waals surface area contributed by atoms with Crippen molar-refractivity contribution in [3.8, 4) is 5.75 Å². The normalized spacial score (nSPS) is 10.2. The highest BCUT2D eigenvalue weighted by atomic mass is 35.5. The molecule has 0 saturated heterocycles. The van der Waals surface area contributed by atoms with Crippen molar-refractivity contribution in [3.63, 3.8) is 0 Å². The second kappa shape index (κ2) is 5.76. The summed E-state index contributed by atoms with van der Waals surface area (Å²) in [6.45, 7) is 0. The van der Waals surface area contributed by atoms with Crippen LogP contribution in [-0.4, -0.2) is 12.9 Å². The van der Waals surface area contributed by atoms with E-state index in [1.165, 1.54) is 0 Å². The van der Waals surface area contributed by atoms with Crippen LogP contribution in [0.2, 0.25) is 5.02 Å². The average molecular weight is 276 g/mol. The minimum absolute atomic E-state index is 0.0394. The third-order valence-corrected chi connectivity index (χ3v) is 3.05. The van der Waals surface area contributed by atoms with Crippen molar-refractivity contribution >= 4 is 23.1 Å². The summed E-state index contributed by atoms with van der Waals surface area (Å²) < 4.78 is 5.13. The lowest BCUT2D eigenvalue weighted by atomic mass is 10.0. The average Bonchev–Trinajstić information content (AvgIpc) is 2.38. The zero-order chi connectivity index (χ0) is 13.8. The maximum Gasteiger partial charge on any atom is 0.169 e. The minimum Gasteiger partial charge on any atom is -0.497 e. The molecule has 0 fully saturated rings. The van der Waals surface area contributed by atoms with Gasteiger partial charge in [0, 0.05) is 22.7 Å². The molecular formula is C15H14ClNO2. The summed E-state index contributed by atoms with van der Waals surface area (Å²) >= 11 is 5.81. The van der Waals surface area contributed by atoms with Crippen molar-refractivity contribution in [3.05, 3.63) is 58.6 Å². The molecule has 4 heteroatoms. The Morgan fingerprint density at radius 2 is 2.05 bits per heavy atom. The highest BCUT2D eigenvalue weighted by Gasteiger charge is 2.11. The molecule has 0 aliphatic heterocycles. The Kier molecular flexibility index (Phi) is 4.07. The Labute approximate surface area is 117 Å². The van der Waals surface area contributed by atoms with Crippen LogP contribution in [0.25, 0.3) is 0 Å². The van der Waals surface area contributed by atoms with E-state index in [1.54, 1.807) is 25.3 Å². The molecule has 0 spiro atoms. The monoisotopic (exact) mass is 275 g/mol. The highest BCUT2D eigenvalue weighted by molar-refractivity contribution is 6.31. The van der Waals surface area contributed by atoms with E-state index in [0.717, 1.165) is 11.3 Å². The number of hydrogen-bond donors (Lipinski definition) is 1. The second-order valence-electron chi connectivity index (χ2n) is 4.18. The fourth-order valence-corrected chi connectivity index (χ4v) is 2.03. The summed E-state index contributed by atoms with van der Waals surface area (Å²) in [5, 5.41) is 0.524. The van der Waals surface area contributed by atoms with Crippen molar-refractivity contribution in [1.29, 1.82) is 0 Å². The van der Waals surface area contributed by atoms with Gasteiger partial charge in [0.1, 0.15) is 5.75 Å². The molecule has 0 saturated carbocycles. The lowest BCUT2D eigenvalue weighted by Gasteiger charge is -2.06. The quantitative estimate of drug-likeness (QED) is 0.688. The van der Waals surface area contributed by atoms with Crippen LogP contribution in [0.5, 0.6) is 5.75 Å². The molecule has 0 radical (unpaired) electrons. The molecule has 2 rings (SSSR count). The molecule has 98 valence electrons. The van der Waals surface area contributed by atoms with Gasteiger partial charge in [0.25, 0.3) is 0 Å². The lowest BCUT2D eigenvalue weighted by Crippen LogP contribution is -2.07. The topological polar surface area (TPSA) is 52.3 Å². The van der Waals surface area contributed by atoms with Gasteiger partial charge in [-0.15, -0.1) is 0 Å². The Balaban J connectivity index is 2.20. The molecule has 0 aliphatic carbocycles. The molecule has 19 heavy (non-hydrogen) atoms. The van der Waals surface area contributed by atoms with Crippen LogP contribution in [0.15, 0.2) is 42.5 Å². The van der Waals surface area contributed by atoms with Crippen LogP contribution in [0.4, 0.5) is 5.69 Å². The largest absolute Gasteiger partial charge is 0.497 e. The van der Waals surface area contributed by atoms with E-state index in [-0.39, 0.29) is 12.2 Å². The molecule has 0 aliphatic rings. The highest BCUT2D eigenvalue weighted by Crippen LogP contribution is 2.21. The first-order valence-electron chi connectivity index (χ1n) is 5.81. The molecular weight excluding hydrogens is 262 g/mol. The van der Waals surface area contributed by atoms with Crippen LogP contribution in [0, 0.1) is 0 Å². The fourth-order valence-electron chi connectivity index (χ4n) is 1.85. The number of Topliss-reactive ketones (excluding diaryl/α,β-unsaturated/α-hetero) is 1. The van der Waals surface area contributed by atoms with E-state index in [9.17, 15) is 4.79 Å². The van der Waals surface area contributed by atoms with E-state index >= 15 is 0 Å². The maximum atomic E-state index is 12.2. The van der Waals surface area contributed by atoms with Crippen LogP contribution in [0.3, 0.4) is 0 Å². The molecule has 0 bridgehead atoms. The summed E-state index contributed by atoms with van der Waals surface area (Å²) in [5.41, 5.74) is 7.59. The van der Waals surface area contributed by atoms with Crippen LogP contribution in [0.1, 0.15) is 15.9 Å². The zero-order valence-electron chi connectivity index (χ0n) is 10.5. The van der Waals surface area contributed by atoms with Crippen LogP contribution >= 0.6 is 11.6 Å². The number of nitrogens with two attached hydrogens (primary N) is 1. The van der Waals surface area contributed by atoms with Gasteiger partial charge < -0.3 is 10.5 Å². The van der Waals surface area contributed by atoms with E-state index in [4.69, 9.17) is 22.1 Å². The third kappa shape index (κ3) is 3.26. The summed E-state index contributed by atoms with van der Waals surface area (Å²) in [6.07, 6.45) is 0.281. The Morgan fingerprint density at radius 1 is 1.26 bits per heavy atom. The molecule has 0 aromatic heterocycles. The fraction of sp³-hybridized carbons (Fsp3) is 0.133. The molecule has 3 nitrogen and oxygen atoms in total. The number of nitrogen functional groups attached to an aromatic ring is 1. The molecule has 0 unspecified atom stereocenters. The number of methoxy groups -OCH3 is 1. The first-order valence-corrected chi connectivity index (χ1v) is 6.19. The Morgan fingerprint density at radius 3 is 2.74 bits per heavy atom. The number of anilines is 1. The molecule has 0 atom stereocenters. The SMILES string of the molecule is COc1cccc(CC(=O)c2ccc(Cl)cc2N)c1. The van der Waals surface area contributed by atoms with Gasteiger partial charge in [0.15, 0.2) is 5.78 Å². The number of ketones is 1. The standard InChI is InChI=1S/C15H14ClNO2/c1-19-12-4-2-3-10(7-12)8-15(18)13-6-5-11(16)9-14(13)17/h2-7,9H,8,17H2,1H3. The van der Waals surface area contributed by atoms with Crippen molar-refractivity contribution < 1.29 is 9.53 Å². The van der Waals surface area contributed by atoms with Crippen LogP contribution in [-0.2, 0) is 6.42 Å². The van der Waals surface area contributed by atoms with Crippen molar-refractivity contribution in [1.82, 2.24) is 0 Å². The number of hydrogen-bond acceptors (Lipinski definition) is 3. The Bertz CT molecular complexity index is 611. The van der Waals surface area contributed by atoms with Crippen LogP contribution < -0.4 is 10.5 Å². The van der Waals surface area contributed by atoms with E-state index < -0.39 is 0 Å². The number of benzene rings is 2. The first-order chi connectivity index (χ1) is 9.10. The molecule has 2 N–H and O–H groups in total. The number of carbonyl (C=O) groups excluding carboxylic acids is 1. The van der Waals surface area contributed by atoms with Gasteiger partial charge >= 0.3 is 0 Å². The molecule has 0 heterocycles. The zero-order valence-corrected chi connectivity index (χ0v) is 11.3. The lowest BCUT2D eigenvalue weighted by molar-refractivity contribution is 0.0994. The van der Waals surface area contributed by atoms with Gasteiger partial charge in [0.05, 0.1) is 7.11 Å². The number of carbonyl (C=O) groups is 1. The number of halogens is 1. The predicted octanol–water partition coefficient (Wildman–Crippen LogP) is 3.36. The maximum absolute atomic E-state index is 12.2. The van der Waals surface area contributed by atoms with Gasteiger partial charge in [-0.25, -0.2) is 0 Å². The summed E-state index contributed by atoms with van der Waals surface area (Å²) in [4.78, 5) is 12.2. The Hall–Kier alpha value is -2.00. The number of ether oxygens (including phenoxy) is 1. The summed E-state index contributed by atoms with van der Waals surface area (Å²) in [7, 11) is 1.60. The molecule has 2 aromatic carbocycles.